The van der Waals surface area contributed by atoms with Crippen LogP contribution in [0.3, 0.4) is 0 Å². The Bertz CT molecular complexity index is 1400. The first-order chi connectivity index (χ1) is 16.5. The Labute approximate surface area is 203 Å². The number of fused-ring (bicyclic) bond motifs is 1. The summed E-state index contributed by atoms with van der Waals surface area (Å²) in [5.74, 6) is -0.338. The first kappa shape index (κ1) is 21.8. The molecule has 2 heterocycles. The highest BCUT2D eigenvalue weighted by atomic mass is 35.5. The minimum atomic E-state index is -0.419. The minimum absolute atomic E-state index is 0.150. The van der Waals surface area contributed by atoms with E-state index >= 15 is 0 Å². The highest BCUT2D eigenvalue weighted by Crippen LogP contribution is 2.38. The van der Waals surface area contributed by atoms with Crippen LogP contribution in [0.15, 0.2) is 94.4 Å². The zero-order valence-corrected chi connectivity index (χ0v) is 19.3. The van der Waals surface area contributed by atoms with Crippen molar-refractivity contribution in [1.82, 2.24) is 0 Å². The number of amides is 1. The van der Waals surface area contributed by atoms with E-state index < -0.39 is 6.04 Å². The fourth-order valence-corrected chi connectivity index (χ4v) is 4.65. The number of hydrogen-bond donors (Lipinski definition) is 0. The predicted octanol–water partition coefficient (Wildman–Crippen LogP) is 6.52. The van der Waals surface area contributed by atoms with Gasteiger partial charge in [0, 0.05) is 24.2 Å². The second-order valence-corrected chi connectivity index (χ2v) is 8.75. The van der Waals surface area contributed by atoms with E-state index in [9.17, 15) is 10.1 Å². The number of nitriles is 1. The van der Waals surface area contributed by atoms with Crippen LogP contribution in [-0.4, -0.2) is 22.8 Å². The lowest BCUT2D eigenvalue weighted by atomic mass is 9.86. The van der Waals surface area contributed by atoms with Crippen molar-refractivity contribution in [3.05, 3.63) is 95.6 Å². The molecule has 1 amide bonds. The van der Waals surface area contributed by atoms with E-state index in [0.717, 1.165) is 22.4 Å². The molecule has 5 nitrogen and oxygen atoms in total. The first-order valence-corrected chi connectivity index (χ1v) is 11.4. The Balaban J connectivity index is 1.70. The van der Waals surface area contributed by atoms with Gasteiger partial charge in [0.2, 0.25) is 0 Å². The molecule has 0 N–H and O–H groups in total. The van der Waals surface area contributed by atoms with Crippen LogP contribution in [0.2, 0.25) is 0 Å². The van der Waals surface area contributed by atoms with Crippen molar-refractivity contribution < 1.29 is 4.79 Å². The number of hydrogen-bond acceptors (Lipinski definition) is 4. The van der Waals surface area contributed by atoms with Crippen LogP contribution in [0.5, 0.6) is 0 Å². The lowest BCUT2D eigenvalue weighted by Crippen LogP contribution is -2.49. The average molecular weight is 465 g/mol. The molecule has 0 fully saturated rings. The van der Waals surface area contributed by atoms with Crippen LogP contribution < -0.4 is 4.90 Å². The lowest BCUT2D eigenvalue weighted by Gasteiger charge is -2.37. The summed E-state index contributed by atoms with van der Waals surface area (Å²) < 4.78 is 0. The van der Waals surface area contributed by atoms with Crippen LogP contribution in [0, 0.1) is 18.3 Å². The molecule has 0 aliphatic carbocycles. The van der Waals surface area contributed by atoms with E-state index in [4.69, 9.17) is 16.6 Å². The van der Waals surface area contributed by atoms with Gasteiger partial charge in [-0.05, 0) is 42.3 Å². The van der Waals surface area contributed by atoms with E-state index in [2.05, 4.69) is 11.1 Å². The van der Waals surface area contributed by atoms with Gasteiger partial charge < -0.3 is 0 Å². The molecule has 0 bridgehead atoms. The monoisotopic (exact) mass is 464 g/mol. The van der Waals surface area contributed by atoms with Gasteiger partial charge in [-0.25, -0.2) is 4.99 Å². The number of nitrogens with zero attached hydrogens (tertiary/aromatic N) is 4. The Morgan fingerprint density at radius 3 is 2.26 bits per heavy atom. The van der Waals surface area contributed by atoms with Crippen LogP contribution in [-0.2, 0) is 4.79 Å². The number of anilines is 1. The summed E-state index contributed by atoms with van der Waals surface area (Å²) in [7, 11) is 0. The van der Waals surface area contributed by atoms with Gasteiger partial charge in [-0.3, -0.25) is 14.7 Å². The third-order valence-electron chi connectivity index (χ3n) is 6.09. The maximum absolute atomic E-state index is 13.8. The maximum Gasteiger partial charge on any atom is 0.269 e. The van der Waals surface area contributed by atoms with E-state index in [-0.39, 0.29) is 11.5 Å². The molecule has 6 heteroatoms. The quantitative estimate of drug-likeness (QED) is 0.442. The summed E-state index contributed by atoms with van der Waals surface area (Å²) in [6.45, 7) is 2.00. The molecule has 2 aliphatic rings. The van der Waals surface area contributed by atoms with Gasteiger partial charge in [0.1, 0.15) is 16.8 Å². The maximum atomic E-state index is 13.8. The van der Waals surface area contributed by atoms with Crippen molar-refractivity contribution >= 4 is 51.0 Å². The second kappa shape index (κ2) is 9.09. The zero-order valence-electron chi connectivity index (χ0n) is 18.6. The molecule has 1 atom stereocenters. The lowest BCUT2D eigenvalue weighted by molar-refractivity contribution is -0.115. The summed E-state index contributed by atoms with van der Waals surface area (Å²) in [4.78, 5) is 25.0. The van der Waals surface area contributed by atoms with Crippen LogP contribution in [0.1, 0.15) is 24.0 Å². The molecule has 5 rings (SSSR count). The van der Waals surface area contributed by atoms with Crippen molar-refractivity contribution in [2.45, 2.75) is 25.8 Å². The van der Waals surface area contributed by atoms with E-state index in [1.54, 1.807) is 4.90 Å². The standard InChI is InChI=1S/C28H21ClN4O/c1-18-11-13-20(14-12-18)33-26(25-16-27(29)32-24-10-6-5-9-23(24)31-25)15-21(22(17-30)28(33)34)19-7-3-2-4-8-19/h2-14,26H,15-16H2,1H3. The third kappa shape index (κ3) is 4.05. The van der Waals surface area contributed by atoms with Crippen LogP contribution in [0.25, 0.3) is 5.57 Å². The molecule has 2 aliphatic heterocycles. The van der Waals surface area contributed by atoms with Crippen molar-refractivity contribution in [2.24, 2.45) is 9.98 Å². The molecule has 3 aromatic rings. The highest BCUT2D eigenvalue weighted by molar-refractivity contribution is 6.67. The van der Waals surface area contributed by atoms with Crippen molar-refractivity contribution in [1.29, 1.82) is 5.26 Å². The smallest absolute Gasteiger partial charge is 0.269 e. The molecule has 0 aromatic heterocycles. The summed E-state index contributed by atoms with van der Waals surface area (Å²) >= 11 is 6.52. The van der Waals surface area contributed by atoms with Crippen molar-refractivity contribution in [2.75, 3.05) is 4.90 Å². The van der Waals surface area contributed by atoms with Gasteiger partial charge >= 0.3 is 0 Å². The third-order valence-corrected chi connectivity index (χ3v) is 6.31. The molecular weight excluding hydrogens is 444 g/mol. The Morgan fingerprint density at radius 1 is 0.941 bits per heavy atom. The van der Waals surface area contributed by atoms with Crippen LogP contribution in [0.4, 0.5) is 17.1 Å². The van der Waals surface area contributed by atoms with E-state index in [0.29, 0.717) is 35.1 Å². The normalized spacial score (nSPS) is 18.0. The minimum Gasteiger partial charge on any atom is -0.299 e. The topological polar surface area (TPSA) is 68.8 Å². The molecule has 1 unspecified atom stereocenters. The molecule has 0 saturated carbocycles. The largest absolute Gasteiger partial charge is 0.299 e. The molecule has 166 valence electrons. The molecule has 0 spiro atoms. The first-order valence-electron chi connectivity index (χ1n) is 11.0. The number of carbonyl (C=O) groups is 1. The van der Waals surface area contributed by atoms with E-state index in [1.807, 2.05) is 85.8 Å². The second-order valence-electron chi connectivity index (χ2n) is 8.32. The number of aliphatic imine (C=N–C) groups is 2. The van der Waals surface area contributed by atoms with Gasteiger partial charge in [0.25, 0.3) is 5.91 Å². The molecule has 34 heavy (non-hydrogen) atoms. The number of aryl methyl sites for hydroxylation is 1. The Hall–Kier alpha value is -4.01. The van der Waals surface area contributed by atoms with E-state index in [1.165, 1.54) is 0 Å². The molecule has 0 saturated heterocycles. The highest BCUT2D eigenvalue weighted by Gasteiger charge is 2.39. The summed E-state index contributed by atoms with van der Waals surface area (Å²) in [5.41, 5.74) is 5.67. The Kier molecular flexibility index (Phi) is 5.83. The molecular formula is C28H21ClN4O. The predicted molar refractivity (Wildman–Crippen MR) is 137 cm³/mol. The summed E-state index contributed by atoms with van der Waals surface area (Å²) in [5, 5.41) is 10.4. The van der Waals surface area contributed by atoms with Crippen molar-refractivity contribution in [3.63, 3.8) is 0 Å². The SMILES string of the molecule is Cc1ccc(N2C(=O)C(C#N)=C(c3ccccc3)CC2C2=Nc3ccccc3N=C(Cl)C2)cc1. The number of para-hydroxylation sites is 2. The summed E-state index contributed by atoms with van der Waals surface area (Å²) in [6, 6.07) is 26.6. The number of carbonyl (C=O) groups excluding carboxylic acids is 1. The van der Waals surface area contributed by atoms with Gasteiger partial charge in [-0.15, -0.1) is 0 Å². The van der Waals surface area contributed by atoms with Gasteiger partial charge in [-0.1, -0.05) is 71.8 Å². The number of benzene rings is 3. The fourth-order valence-electron chi connectivity index (χ4n) is 4.42. The number of halogens is 1. The van der Waals surface area contributed by atoms with Gasteiger partial charge in [0.05, 0.1) is 17.4 Å². The average Bonchev–Trinajstić information content (AvgIpc) is 3.02. The van der Waals surface area contributed by atoms with Gasteiger partial charge in [-0.2, -0.15) is 5.26 Å². The van der Waals surface area contributed by atoms with Crippen molar-refractivity contribution in [3.8, 4) is 6.07 Å². The van der Waals surface area contributed by atoms with Crippen LogP contribution >= 0.6 is 11.6 Å². The fraction of sp³-hybridized carbons (Fsp3) is 0.143. The molecule has 0 radical (unpaired) electrons. The molecule has 3 aromatic carbocycles. The zero-order chi connectivity index (χ0) is 23.7. The summed E-state index contributed by atoms with van der Waals surface area (Å²) in [6.07, 6.45) is 0.762. The van der Waals surface area contributed by atoms with Gasteiger partial charge in [0.15, 0.2) is 0 Å². The number of rotatable bonds is 3. The Morgan fingerprint density at radius 2 is 1.59 bits per heavy atom.